The van der Waals surface area contributed by atoms with Crippen LogP contribution in [0.25, 0.3) is 0 Å². The molecule has 5 heteroatoms. The Morgan fingerprint density at radius 2 is 2.35 bits per heavy atom. The highest BCUT2D eigenvalue weighted by molar-refractivity contribution is 7.99. The summed E-state index contributed by atoms with van der Waals surface area (Å²) in [7, 11) is 2.08. The molecule has 1 N–H and O–H groups in total. The maximum atomic E-state index is 11.9. The lowest BCUT2D eigenvalue weighted by molar-refractivity contribution is -0.116. The number of hydrogen-bond acceptors (Lipinski definition) is 4. The zero-order valence-electron chi connectivity index (χ0n) is 11.6. The maximum absolute atomic E-state index is 11.9. The lowest BCUT2D eigenvalue weighted by atomic mass is 10.2. The van der Waals surface area contributed by atoms with Crippen molar-refractivity contribution in [3.05, 3.63) is 29.8 Å². The number of amides is 1. The van der Waals surface area contributed by atoms with Gasteiger partial charge in [-0.2, -0.15) is 17.0 Å². The highest BCUT2D eigenvalue weighted by Gasteiger charge is 2.20. The average molecular weight is 289 g/mol. The van der Waals surface area contributed by atoms with Gasteiger partial charge >= 0.3 is 0 Å². The molecule has 0 spiro atoms. The number of carbonyl (C=O) groups excluding carboxylic acids is 1. The molecule has 0 bridgehead atoms. The second-order valence-corrected chi connectivity index (χ2v) is 6.10. The first-order valence-corrected chi connectivity index (χ1v) is 7.93. The van der Waals surface area contributed by atoms with Crippen molar-refractivity contribution in [2.24, 2.45) is 0 Å². The van der Waals surface area contributed by atoms with Crippen LogP contribution in [-0.2, 0) is 4.79 Å². The smallest absolute Gasteiger partial charge is 0.225 e. The number of rotatable bonds is 5. The van der Waals surface area contributed by atoms with Gasteiger partial charge in [0.05, 0.1) is 11.3 Å². The minimum atomic E-state index is -0.0369. The number of benzene rings is 1. The SMILES string of the molecule is CN(CCC(=O)Nc1ccccc1C#N)C1CCSC1. The van der Waals surface area contributed by atoms with Gasteiger partial charge in [0.2, 0.25) is 5.91 Å². The molecule has 20 heavy (non-hydrogen) atoms. The number of thioether (sulfide) groups is 1. The molecule has 2 rings (SSSR count). The highest BCUT2D eigenvalue weighted by atomic mass is 32.2. The number of para-hydroxylation sites is 1. The normalized spacial score (nSPS) is 17.9. The van der Waals surface area contributed by atoms with Gasteiger partial charge in [-0.15, -0.1) is 0 Å². The zero-order valence-corrected chi connectivity index (χ0v) is 12.4. The summed E-state index contributed by atoms with van der Waals surface area (Å²) in [5.41, 5.74) is 1.10. The summed E-state index contributed by atoms with van der Waals surface area (Å²) in [6, 6.07) is 9.75. The van der Waals surface area contributed by atoms with Crippen molar-refractivity contribution in [3.63, 3.8) is 0 Å². The average Bonchev–Trinajstić information content (AvgIpc) is 2.99. The minimum Gasteiger partial charge on any atom is -0.325 e. The van der Waals surface area contributed by atoms with E-state index < -0.39 is 0 Å². The van der Waals surface area contributed by atoms with Crippen molar-refractivity contribution in [3.8, 4) is 6.07 Å². The van der Waals surface area contributed by atoms with E-state index in [-0.39, 0.29) is 5.91 Å². The molecule has 1 aromatic rings. The fourth-order valence-corrected chi connectivity index (χ4v) is 3.53. The Kier molecular flexibility index (Phi) is 5.45. The second-order valence-electron chi connectivity index (χ2n) is 4.95. The van der Waals surface area contributed by atoms with Crippen LogP contribution >= 0.6 is 11.8 Å². The van der Waals surface area contributed by atoms with Gasteiger partial charge in [-0.1, -0.05) is 12.1 Å². The number of anilines is 1. The van der Waals surface area contributed by atoms with Gasteiger partial charge in [0.25, 0.3) is 0 Å². The van der Waals surface area contributed by atoms with Crippen molar-refractivity contribution in [2.45, 2.75) is 18.9 Å². The van der Waals surface area contributed by atoms with Gasteiger partial charge in [0.15, 0.2) is 0 Å². The minimum absolute atomic E-state index is 0.0369. The van der Waals surface area contributed by atoms with Crippen LogP contribution in [0.5, 0.6) is 0 Å². The largest absolute Gasteiger partial charge is 0.325 e. The first kappa shape index (κ1) is 14.9. The molecule has 0 radical (unpaired) electrons. The van der Waals surface area contributed by atoms with Gasteiger partial charge in [0, 0.05) is 24.8 Å². The third-order valence-electron chi connectivity index (χ3n) is 3.54. The summed E-state index contributed by atoms with van der Waals surface area (Å²) in [5.74, 6) is 2.34. The van der Waals surface area contributed by atoms with Crippen LogP contribution in [0.2, 0.25) is 0 Å². The molecule has 1 heterocycles. The Hall–Kier alpha value is -1.51. The van der Waals surface area contributed by atoms with E-state index in [1.165, 1.54) is 12.2 Å². The topological polar surface area (TPSA) is 56.1 Å². The first-order chi connectivity index (χ1) is 9.70. The van der Waals surface area contributed by atoms with Gasteiger partial charge < -0.3 is 10.2 Å². The van der Waals surface area contributed by atoms with Crippen LogP contribution in [-0.4, -0.2) is 41.9 Å². The Balaban J connectivity index is 1.82. The Morgan fingerprint density at radius 3 is 3.05 bits per heavy atom. The molecular weight excluding hydrogens is 270 g/mol. The van der Waals surface area contributed by atoms with Gasteiger partial charge in [-0.3, -0.25) is 4.79 Å². The van der Waals surface area contributed by atoms with Gasteiger partial charge in [-0.25, -0.2) is 0 Å². The van der Waals surface area contributed by atoms with Crippen LogP contribution in [0.3, 0.4) is 0 Å². The molecule has 1 unspecified atom stereocenters. The Labute approximate surface area is 124 Å². The van der Waals surface area contributed by atoms with Crippen LogP contribution in [0.15, 0.2) is 24.3 Å². The zero-order chi connectivity index (χ0) is 14.4. The van der Waals surface area contributed by atoms with Crippen LogP contribution in [0.4, 0.5) is 5.69 Å². The lowest BCUT2D eigenvalue weighted by Crippen LogP contribution is -2.34. The molecule has 1 aliphatic heterocycles. The third kappa shape index (κ3) is 3.99. The van der Waals surface area contributed by atoms with Crippen molar-refractivity contribution in [1.82, 2.24) is 4.90 Å². The molecule has 0 aliphatic carbocycles. The summed E-state index contributed by atoms with van der Waals surface area (Å²) in [4.78, 5) is 14.2. The predicted octanol–water partition coefficient (Wildman–Crippen LogP) is 2.32. The van der Waals surface area contributed by atoms with Gasteiger partial charge in [0.1, 0.15) is 6.07 Å². The molecule has 1 fully saturated rings. The fraction of sp³-hybridized carbons (Fsp3) is 0.467. The van der Waals surface area contributed by atoms with E-state index in [0.717, 1.165) is 12.3 Å². The number of hydrogen-bond donors (Lipinski definition) is 1. The number of carbonyl (C=O) groups is 1. The molecule has 4 nitrogen and oxygen atoms in total. The molecule has 1 aliphatic rings. The van der Waals surface area contributed by atoms with E-state index in [1.54, 1.807) is 18.2 Å². The molecule has 0 saturated carbocycles. The fourth-order valence-electron chi connectivity index (χ4n) is 2.23. The first-order valence-electron chi connectivity index (χ1n) is 6.77. The van der Waals surface area contributed by atoms with Crippen LogP contribution in [0, 0.1) is 11.3 Å². The molecule has 0 aromatic heterocycles. The molecule has 1 saturated heterocycles. The van der Waals surface area contributed by atoms with Crippen molar-refractivity contribution in [2.75, 3.05) is 30.4 Å². The van der Waals surface area contributed by atoms with Crippen molar-refractivity contribution < 1.29 is 4.79 Å². The lowest BCUT2D eigenvalue weighted by Gasteiger charge is -2.22. The second kappa shape index (κ2) is 7.32. The highest BCUT2D eigenvalue weighted by Crippen LogP contribution is 2.21. The summed E-state index contributed by atoms with van der Waals surface area (Å²) in [6.07, 6.45) is 1.66. The number of nitrogens with zero attached hydrogens (tertiary/aromatic N) is 2. The van der Waals surface area contributed by atoms with Crippen LogP contribution < -0.4 is 5.32 Å². The van der Waals surface area contributed by atoms with Gasteiger partial charge in [-0.05, 0) is 31.4 Å². The summed E-state index contributed by atoms with van der Waals surface area (Å²) < 4.78 is 0. The molecule has 1 aromatic carbocycles. The molecule has 1 amide bonds. The molecular formula is C15H19N3OS. The van der Waals surface area contributed by atoms with E-state index >= 15 is 0 Å². The monoisotopic (exact) mass is 289 g/mol. The third-order valence-corrected chi connectivity index (χ3v) is 4.69. The quantitative estimate of drug-likeness (QED) is 0.904. The van der Waals surface area contributed by atoms with Crippen molar-refractivity contribution in [1.29, 1.82) is 5.26 Å². The Bertz CT molecular complexity index is 506. The van der Waals surface area contributed by atoms with Crippen molar-refractivity contribution >= 4 is 23.4 Å². The number of nitriles is 1. The number of nitrogens with one attached hydrogen (secondary N) is 1. The van der Waals surface area contributed by atoms with E-state index in [1.807, 2.05) is 17.8 Å². The molecule has 106 valence electrons. The molecule has 1 atom stereocenters. The predicted molar refractivity (Wildman–Crippen MR) is 82.8 cm³/mol. The summed E-state index contributed by atoms with van der Waals surface area (Å²) in [5, 5.41) is 11.8. The van der Waals surface area contributed by atoms with E-state index in [9.17, 15) is 4.79 Å². The van der Waals surface area contributed by atoms with E-state index in [4.69, 9.17) is 5.26 Å². The van der Waals surface area contributed by atoms with E-state index in [0.29, 0.717) is 23.7 Å². The Morgan fingerprint density at radius 1 is 1.55 bits per heavy atom. The standard InChI is InChI=1S/C15H19N3OS/c1-18(13-7-9-20-11-13)8-6-15(19)17-14-5-3-2-4-12(14)10-16/h2-5,13H,6-9,11H2,1H3,(H,17,19). The summed E-state index contributed by atoms with van der Waals surface area (Å²) in [6.45, 7) is 0.756. The summed E-state index contributed by atoms with van der Waals surface area (Å²) >= 11 is 1.97. The maximum Gasteiger partial charge on any atom is 0.225 e. The van der Waals surface area contributed by atoms with E-state index in [2.05, 4.69) is 23.3 Å². The van der Waals surface area contributed by atoms with Crippen LogP contribution in [0.1, 0.15) is 18.4 Å².